The third kappa shape index (κ3) is 5.35. The molecule has 0 saturated carbocycles. The van der Waals surface area contributed by atoms with Gasteiger partial charge in [-0.05, 0) is 51.0 Å². The molecule has 1 aromatic heterocycles. The Hall–Kier alpha value is -1.96. The number of likely N-dealkylation sites (tertiary alicyclic amines) is 1. The Balaban J connectivity index is 1.80. The molecule has 0 unspecified atom stereocenters. The number of anilines is 1. The van der Waals surface area contributed by atoms with Gasteiger partial charge in [-0.2, -0.15) is 0 Å². The molecule has 1 saturated heterocycles. The fraction of sp³-hybridized carbons (Fsp3) is 0.455. The Kier molecular flexibility index (Phi) is 7.64. The molecule has 0 amide bonds. The van der Waals surface area contributed by atoms with Gasteiger partial charge in [-0.25, -0.2) is 4.79 Å². The van der Waals surface area contributed by atoms with E-state index in [1.54, 1.807) is 0 Å². The number of thiophene rings is 1. The number of aryl methyl sites for hydroxylation is 1. The minimum atomic E-state index is -0.322. The summed E-state index contributed by atoms with van der Waals surface area (Å²) >= 11 is 7.11. The van der Waals surface area contributed by atoms with Gasteiger partial charge in [-0.15, -0.1) is 11.3 Å². The molecule has 0 bridgehead atoms. The summed E-state index contributed by atoms with van der Waals surface area (Å²) in [5.74, 6) is -0.322. The normalized spacial score (nSPS) is 15.1. The number of ether oxygens (including phenoxy) is 1. The molecule has 2 heterocycles. The van der Waals surface area contributed by atoms with Crippen molar-refractivity contribution in [1.29, 1.82) is 0 Å². The Morgan fingerprint density at radius 2 is 1.93 bits per heavy atom. The summed E-state index contributed by atoms with van der Waals surface area (Å²) < 4.78 is 5.36. The molecule has 0 aliphatic carbocycles. The van der Waals surface area contributed by atoms with Crippen LogP contribution in [0.15, 0.2) is 30.3 Å². The van der Waals surface area contributed by atoms with Crippen molar-refractivity contribution in [2.24, 2.45) is 0 Å². The van der Waals surface area contributed by atoms with Crippen molar-refractivity contribution in [2.45, 2.75) is 39.7 Å². The third-order valence-corrected chi connectivity index (χ3v) is 6.46. The lowest BCUT2D eigenvalue weighted by Gasteiger charge is -2.32. The van der Waals surface area contributed by atoms with Crippen LogP contribution < -0.4 is 10.6 Å². The highest BCUT2D eigenvalue weighted by atomic mass is 32.1. The molecular weight excluding hydrogens is 402 g/mol. The zero-order valence-corrected chi connectivity index (χ0v) is 18.9. The fourth-order valence-electron chi connectivity index (χ4n) is 3.70. The predicted octanol–water partition coefficient (Wildman–Crippen LogP) is 4.67. The van der Waals surface area contributed by atoms with Gasteiger partial charge >= 0.3 is 5.97 Å². The number of esters is 1. The predicted molar refractivity (Wildman–Crippen MR) is 125 cm³/mol. The zero-order valence-electron chi connectivity index (χ0n) is 17.3. The molecule has 1 fully saturated rings. The monoisotopic (exact) mass is 431 g/mol. The fourth-order valence-corrected chi connectivity index (χ4v) is 5.10. The summed E-state index contributed by atoms with van der Waals surface area (Å²) in [6.45, 7) is 9.64. The van der Waals surface area contributed by atoms with Gasteiger partial charge in [0.1, 0.15) is 10.6 Å². The van der Waals surface area contributed by atoms with Crippen molar-refractivity contribution in [3.05, 3.63) is 40.8 Å². The number of thiocarbonyl (C=S) groups is 1. The van der Waals surface area contributed by atoms with Crippen molar-refractivity contribution < 1.29 is 9.53 Å². The second kappa shape index (κ2) is 10.2. The van der Waals surface area contributed by atoms with Crippen LogP contribution in [0.1, 0.15) is 41.9 Å². The van der Waals surface area contributed by atoms with Crippen LogP contribution in [0.4, 0.5) is 5.00 Å². The van der Waals surface area contributed by atoms with Crippen molar-refractivity contribution in [2.75, 3.05) is 31.6 Å². The van der Waals surface area contributed by atoms with E-state index in [0.717, 1.165) is 53.5 Å². The van der Waals surface area contributed by atoms with Crippen LogP contribution >= 0.6 is 23.6 Å². The first-order valence-corrected chi connectivity index (χ1v) is 11.4. The summed E-state index contributed by atoms with van der Waals surface area (Å²) in [7, 11) is 0. The second-order valence-corrected chi connectivity index (χ2v) is 8.76. The van der Waals surface area contributed by atoms with Crippen LogP contribution in [0.2, 0.25) is 0 Å². The third-order valence-electron chi connectivity index (χ3n) is 5.22. The lowest BCUT2D eigenvalue weighted by Crippen LogP contribution is -2.45. The summed E-state index contributed by atoms with van der Waals surface area (Å²) in [6, 6.07) is 10.3. The zero-order chi connectivity index (χ0) is 20.8. The van der Waals surface area contributed by atoms with Gasteiger partial charge in [0.15, 0.2) is 5.11 Å². The van der Waals surface area contributed by atoms with Crippen molar-refractivity contribution >= 4 is 39.6 Å². The van der Waals surface area contributed by atoms with E-state index in [1.807, 2.05) is 44.2 Å². The van der Waals surface area contributed by atoms with Crippen molar-refractivity contribution in [3.8, 4) is 11.1 Å². The van der Waals surface area contributed by atoms with Crippen LogP contribution in [0.3, 0.4) is 0 Å². The van der Waals surface area contributed by atoms with Crippen LogP contribution in [0, 0.1) is 6.92 Å². The summed E-state index contributed by atoms with van der Waals surface area (Å²) in [5, 5.41) is 8.01. The number of piperidine rings is 1. The first-order chi connectivity index (χ1) is 14.0. The number of rotatable bonds is 6. The van der Waals surface area contributed by atoms with Crippen molar-refractivity contribution in [3.63, 3.8) is 0 Å². The molecular formula is C22H29N3O2S2. The molecule has 0 spiro atoms. The Morgan fingerprint density at radius 1 is 1.24 bits per heavy atom. The van der Waals surface area contributed by atoms with Gasteiger partial charge in [-0.3, -0.25) is 0 Å². The van der Waals surface area contributed by atoms with Crippen LogP contribution in [-0.2, 0) is 4.74 Å². The number of nitrogens with one attached hydrogen (secondary N) is 2. The number of carbonyl (C=O) groups is 1. The van der Waals surface area contributed by atoms with Crippen LogP contribution in [-0.4, -0.2) is 48.3 Å². The van der Waals surface area contributed by atoms with Crippen LogP contribution in [0.5, 0.6) is 0 Å². The van der Waals surface area contributed by atoms with Crippen LogP contribution in [0.25, 0.3) is 11.1 Å². The maximum absolute atomic E-state index is 12.8. The van der Waals surface area contributed by atoms with Gasteiger partial charge in [0, 0.05) is 29.6 Å². The average Bonchev–Trinajstić information content (AvgIpc) is 3.05. The standard InChI is InChI=1S/C22H29N3O2S2/c1-4-25-13-11-17(12-14-25)23-22(28)24-20-19(21(26)27-5-2)18(15(3)29-20)16-9-7-6-8-10-16/h6-10,17H,4-5,11-14H2,1-3H3,(H2,23,24,28). The Labute approximate surface area is 182 Å². The lowest BCUT2D eigenvalue weighted by molar-refractivity contribution is 0.0529. The van der Waals surface area contributed by atoms with E-state index >= 15 is 0 Å². The summed E-state index contributed by atoms with van der Waals surface area (Å²) in [4.78, 5) is 16.3. The van der Waals surface area contributed by atoms with E-state index in [9.17, 15) is 4.79 Å². The first-order valence-electron chi connectivity index (χ1n) is 10.2. The smallest absolute Gasteiger partial charge is 0.341 e. The molecule has 1 aliphatic rings. The van der Waals surface area contributed by atoms with E-state index in [2.05, 4.69) is 22.5 Å². The maximum Gasteiger partial charge on any atom is 0.341 e. The molecule has 29 heavy (non-hydrogen) atoms. The van der Waals surface area contributed by atoms with Gasteiger partial charge in [0.05, 0.1) is 6.61 Å². The minimum Gasteiger partial charge on any atom is -0.462 e. The van der Waals surface area contributed by atoms with E-state index < -0.39 is 0 Å². The lowest BCUT2D eigenvalue weighted by atomic mass is 10.0. The molecule has 5 nitrogen and oxygen atoms in total. The average molecular weight is 432 g/mol. The van der Waals surface area contributed by atoms with Crippen molar-refractivity contribution in [1.82, 2.24) is 10.2 Å². The molecule has 0 radical (unpaired) electrons. The molecule has 1 aromatic carbocycles. The number of carbonyl (C=O) groups excluding carboxylic acids is 1. The molecule has 1 aliphatic heterocycles. The highest BCUT2D eigenvalue weighted by Crippen LogP contribution is 2.40. The molecule has 156 valence electrons. The largest absolute Gasteiger partial charge is 0.462 e. The maximum atomic E-state index is 12.8. The van der Waals surface area contributed by atoms with Gasteiger partial charge in [-0.1, -0.05) is 37.3 Å². The number of nitrogens with zero attached hydrogens (tertiary/aromatic N) is 1. The minimum absolute atomic E-state index is 0.322. The molecule has 0 atom stereocenters. The SMILES string of the molecule is CCOC(=O)c1c(NC(=S)NC2CCN(CC)CC2)sc(C)c1-c1ccccc1. The van der Waals surface area contributed by atoms with E-state index in [-0.39, 0.29) is 5.97 Å². The number of hydrogen-bond acceptors (Lipinski definition) is 5. The molecule has 3 rings (SSSR count). The summed E-state index contributed by atoms with van der Waals surface area (Å²) in [6.07, 6.45) is 2.14. The molecule has 2 aromatic rings. The van der Waals surface area contributed by atoms with Gasteiger partial charge in [0.25, 0.3) is 0 Å². The Bertz CT molecular complexity index is 843. The quantitative estimate of drug-likeness (QED) is 0.512. The first kappa shape index (κ1) is 21.7. The topological polar surface area (TPSA) is 53.6 Å². The second-order valence-electron chi connectivity index (χ2n) is 7.13. The molecule has 7 heteroatoms. The van der Waals surface area contributed by atoms with E-state index in [0.29, 0.717) is 23.3 Å². The Morgan fingerprint density at radius 3 is 2.55 bits per heavy atom. The van der Waals surface area contributed by atoms with Gasteiger partial charge < -0.3 is 20.3 Å². The van der Waals surface area contributed by atoms with Gasteiger partial charge in [0.2, 0.25) is 0 Å². The van der Waals surface area contributed by atoms with E-state index in [1.165, 1.54) is 11.3 Å². The summed E-state index contributed by atoms with van der Waals surface area (Å²) in [5.41, 5.74) is 2.48. The highest BCUT2D eigenvalue weighted by Gasteiger charge is 2.25. The number of hydrogen-bond donors (Lipinski definition) is 2. The number of benzene rings is 1. The molecule has 2 N–H and O–H groups in total. The van der Waals surface area contributed by atoms with E-state index in [4.69, 9.17) is 17.0 Å². The highest BCUT2D eigenvalue weighted by molar-refractivity contribution is 7.80.